The van der Waals surface area contributed by atoms with Gasteiger partial charge in [0, 0.05) is 11.1 Å². The minimum atomic E-state index is -0.152. The predicted octanol–water partition coefficient (Wildman–Crippen LogP) is 3.68. The third-order valence-electron chi connectivity index (χ3n) is 2.86. The summed E-state index contributed by atoms with van der Waals surface area (Å²) in [5.41, 5.74) is 3.44. The number of nitrogens with one attached hydrogen (secondary N) is 1. The lowest BCUT2D eigenvalue weighted by Crippen LogP contribution is -2.22. The molecule has 0 radical (unpaired) electrons. The van der Waals surface area contributed by atoms with E-state index in [2.05, 4.69) is 17.2 Å². The molecule has 1 N–H and O–H groups in total. The number of rotatable bonds is 5. The summed E-state index contributed by atoms with van der Waals surface area (Å²) in [6.07, 6.45) is 2.89. The number of thiazole rings is 1. The van der Waals surface area contributed by atoms with Crippen LogP contribution in [0.1, 0.15) is 35.4 Å². The van der Waals surface area contributed by atoms with Gasteiger partial charge in [-0.2, -0.15) is 0 Å². The average molecular weight is 264 g/mol. The van der Waals surface area contributed by atoms with Crippen LogP contribution in [-0.4, -0.2) is 11.5 Å². The molecule has 1 atom stereocenters. The van der Waals surface area contributed by atoms with Gasteiger partial charge >= 0.3 is 0 Å². The Balaban J connectivity index is 2.30. The molecule has 4 heteroatoms. The standard InChI is InChI=1S/C14H17FN2S/c1-3-6-17-14(13-8-16-9-18-13)11-5-4-10(2)12(15)7-11/h4-5,7-9,14,17H,3,6H2,1-2H3. The summed E-state index contributed by atoms with van der Waals surface area (Å²) >= 11 is 1.59. The summed E-state index contributed by atoms with van der Waals surface area (Å²) in [6, 6.07) is 5.45. The van der Waals surface area contributed by atoms with E-state index in [0.29, 0.717) is 5.56 Å². The highest BCUT2D eigenvalue weighted by atomic mass is 32.1. The molecule has 2 aromatic rings. The fourth-order valence-corrected chi connectivity index (χ4v) is 2.55. The van der Waals surface area contributed by atoms with Crippen molar-refractivity contribution >= 4 is 11.3 Å². The maximum atomic E-state index is 13.7. The smallest absolute Gasteiger partial charge is 0.126 e. The van der Waals surface area contributed by atoms with Crippen molar-refractivity contribution < 1.29 is 4.39 Å². The van der Waals surface area contributed by atoms with Crippen molar-refractivity contribution in [1.82, 2.24) is 10.3 Å². The van der Waals surface area contributed by atoms with Crippen molar-refractivity contribution in [3.8, 4) is 0 Å². The zero-order valence-corrected chi connectivity index (χ0v) is 11.4. The number of nitrogens with zero attached hydrogens (tertiary/aromatic N) is 1. The van der Waals surface area contributed by atoms with E-state index in [4.69, 9.17) is 0 Å². The SMILES string of the molecule is CCCNC(c1ccc(C)c(F)c1)c1cncs1. The minimum absolute atomic E-state index is 0.0348. The van der Waals surface area contributed by atoms with Crippen LogP contribution < -0.4 is 5.32 Å². The fraction of sp³-hybridized carbons (Fsp3) is 0.357. The Kier molecular flexibility index (Phi) is 4.44. The van der Waals surface area contributed by atoms with Crippen LogP contribution in [0.2, 0.25) is 0 Å². The second-order valence-corrected chi connectivity index (χ2v) is 5.22. The Labute approximate surface area is 111 Å². The molecule has 2 nitrogen and oxygen atoms in total. The van der Waals surface area contributed by atoms with Crippen LogP contribution in [0.15, 0.2) is 29.9 Å². The van der Waals surface area contributed by atoms with Gasteiger partial charge < -0.3 is 5.32 Å². The molecule has 0 aliphatic rings. The van der Waals surface area contributed by atoms with Gasteiger partial charge in [-0.1, -0.05) is 19.1 Å². The summed E-state index contributed by atoms with van der Waals surface area (Å²) in [6.45, 7) is 4.80. The fourth-order valence-electron chi connectivity index (χ4n) is 1.83. The molecule has 0 bridgehead atoms. The molecule has 0 spiro atoms. The quantitative estimate of drug-likeness (QED) is 0.891. The Bertz CT molecular complexity index is 497. The summed E-state index contributed by atoms with van der Waals surface area (Å²) in [5.74, 6) is -0.152. The van der Waals surface area contributed by atoms with Crippen LogP contribution in [-0.2, 0) is 0 Å². The first kappa shape index (κ1) is 13.2. The summed E-state index contributed by atoms with van der Waals surface area (Å²) < 4.78 is 13.7. The zero-order chi connectivity index (χ0) is 13.0. The summed E-state index contributed by atoms with van der Waals surface area (Å²) in [5, 5.41) is 3.44. The third-order valence-corrected chi connectivity index (χ3v) is 3.70. The van der Waals surface area contributed by atoms with Crippen LogP contribution in [0.25, 0.3) is 0 Å². The highest BCUT2D eigenvalue weighted by molar-refractivity contribution is 7.09. The number of halogens is 1. The Morgan fingerprint density at radius 1 is 1.44 bits per heavy atom. The molecule has 1 aromatic heterocycles. The third kappa shape index (κ3) is 2.94. The number of aromatic nitrogens is 1. The maximum absolute atomic E-state index is 13.7. The van der Waals surface area contributed by atoms with E-state index >= 15 is 0 Å². The van der Waals surface area contributed by atoms with E-state index in [-0.39, 0.29) is 11.9 Å². The number of benzene rings is 1. The predicted molar refractivity (Wildman–Crippen MR) is 73.4 cm³/mol. The summed E-state index contributed by atoms with van der Waals surface area (Å²) in [4.78, 5) is 5.22. The first-order valence-electron chi connectivity index (χ1n) is 6.10. The molecule has 1 aromatic carbocycles. The molecule has 0 saturated heterocycles. The highest BCUT2D eigenvalue weighted by Gasteiger charge is 2.15. The molecule has 1 unspecified atom stereocenters. The molecule has 1 heterocycles. The normalized spacial score (nSPS) is 12.6. The molecular weight excluding hydrogens is 247 g/mol. The van der Waals surface area contributed by atoms with Crippen molar-refractivity contribution in [3.63, 3.8) is 0 Å². The van der Waals surface area contributed by atoms with Crippen LogP contribution in [0.3, 0.4) is 0 Å². The molecule has 2 rings (SSSR count). The Hall–Kier alpha value is -1.26. The van der Waals surface area contributed by atoms with Crippen LogP contribution in [0, 0.1) is 12.7 Å². The number of hydrogen-bond donors (Lipinski definition) is 1. The van der Waals surface area contributed by atoms with E-state index in [9.17, 15) is 4.39 Å². The molecule has 18 heavy (non-hydrogen) atoms. The van der Waals surface area contributed by atoms with Gasteiger partial charge in [0.15, 0.2) is 0 Å². The van der Waals surface area contributed by atoms with E-state index in [1.54, 1.807) is 29.8 Å². The van der Waals surface area contributed by atoms with Crippen LogP contribution in [0.4, 0.5) is 4.39 Å². The van der Waals surface area contributed by atoms with E-state index < -0.39 is 0 Å². The van der Waals surface area contributed by atoms with Crippen molar-refractivity contribution in [2.24, 2.45) is 0 Å². The second kappa shape index (κ2) is 6.07. The topological polar surface area (TPSA) is 24.9 Å². The van der Waals surface area contributed by atoms with Gasteiger partial charge in [-0.3, -0.25) is 4.98 Å². The van der Waals surface area contributed by atoms with Crippen LogP contribution >= 0.6 is 11.3 Å². The van der Waals surface area contributed by atoms with Gasteiger partial charge in [0.1, 0.15) is 5.82 Å². The summed E-state index contributed by atoms with van der Waals surface area (Å²) in [7, 11) is 0. The number of aryl methyl sites for hydroxylation is 1. The molecule has 0 aliphatic carbocycles. The molecular formula is C14H17FN2S. The molecule has 0 amide bonds. The van der Waals surface area contributed by atoms with Gasteiger partial charge in [0.25, 0.3) is 0 Å². The second-order valence-electron chi connectivity index (χ2n) is 4.30. The van der Waals surface area contributed by atoms with Crippen molar-refractivity contribution in [2.75, 3.05) is 6.54 Å². The Morgan fingerprint density at radius 3 is 2.89 bits per heavy atom. The average Bonchev–Trinajstić information content (AvgIpc) is 2.88. The lowest BCUT2D eigenvalue weighted by molar-refractivity contribution is 0.587. The number of hydrogen-bond acceptors (Lipinski definition) is 3. The van der Waals surface area contributed by atoms with Gasteiger partial charge in [-0.05, 0) is 37.1 Å². The lowest BCUT2D eigenvalue weighted by atomic mass is 10.0. The molecule has 0 fully saturated rings. The van der Waals surface area contributed by atoms with Gasteiger partial charge in [0.05, 0.1) is 11.6 Å². The van der Waals surface area contributed by atoms with Crippen molar-refractivity contribution in [3.05, 3.63) is 51.7 Å². The van der Waals surface area contributed by atoms with E-state index in [1.807, 2.05) is 18.3 Å². The minimum Gasteiger partial charge on any atom is -0.306 e. The molecule has 0 saturated carbocycles. The van der Waals surface area contributed by atoms with Crippen LogP contribution in [0.5, 0.6) is 0 Å². The Morgan fingerprint density at radius 2 is 2.28 bits per heavy atom. The largest absolute Gasteiger partial charge is 0.306 e. The first-order chi connectivity index (χ1) is 8.72. The van der Waals surface area contributed by atoms with Gasteiger partial charge in [-0.25, -0.2) is 4.39 Å². The van der Waals surface area contributed by atoms with Crippen molar-refractivity contribution in [2.45, 2.75) is 26.3 Å². The van der Waals surface area contributed by atoms with Gasteiger partial charge in [-0.15, -0.1) is 11.3 Å². The molecule has 0 aliphatic heterocycles. The zero-order valence-electron chi connectivity index (χ0n) is 10.6. The van der Waals surface area contributed by atoms with Gasteiger partial charge in [0.2, 0.25) is 0 Å². The monoisotopic (exact) mass is 264 g/mol. The maximum Gasteiger partial charge on any atom is 0.126 e. The van der Waals surface area contributed by atoms with Crippen molar-refractivity contribution in [1.29, 1.82) is 0 Å². The first-order valence-corrected chi connectivity index (χ1v) is 6.98. The van der Waals surface area contributed by atoms with E-state index in [0.717, 1.165) is 23.4 Å². The highest BCUT2D eigenvalue weighted by Crippen LogP contribution is 2.26. The van der Waals surface area contributed by atoms with E-state index in [1.165, 1.54) is 0 Å². The lowest BCUT2D eigenvalue weighted by Gasteiger charge is -2.17. The molecule has 96 valence electrons.